The summed E-state index contributed by atoms with van der Waals surface area (Å²) in [4.78, 5) is 37.4. The van der Waals surface area contributed by atoms with Crippen molar-refractivity contribution in [3.8, 4) is 11.1 Å². The van der Waals surface area contributed by atoms with Crippen molar-refractivity contribution in [1.82, 2.24) is 0 Å². The van der Waals surface area contributed by atoms with Gasteiger partial charge in [-0.15, -0.1) is 0 Å². The van der Waals surface area contributed by atoms with Crippen LogP contribution in [-0.4, -0.2) is 20.5 Å². The van der Waals surface area contributed by atoms with Crippen LogP contribution in [0.4, 0.5) is 22.7 Å². The highest BCUT2D eigenvalue weighted by Gasteiger charge is 2.36. The molecule has 1 aliphatic rings. The van der Waals surface area contributed by atoms with Gasteiger partial charge in [0.2, 0.25) is 0 Å². The van der Waals surface area contributed by atoms with Gasteiger partial charge in [-0.2, -0.15) is 0 Å². The minimum absolute atomic E-state index is 0.0757. The first-order chi connectivity index (χ1) is 15.6. The minimum atomic E-state index is -0.713. The summed E-state index contributed by atoms with van der Waals surface area (Å²) in [7, 11) is 0. The summed E-state index contributed by atoms with van der Waals surface area (Å²) in [5, 5.41) is 34.7. The van der Waals surface area contributed by atoms with Crippen LogP contribution in [0.1, 0.15) is 36.5 Å². The van der Waals surface area contributed by atoms with E-state index in [0.717, 1.165) is 16.1 Å². The molecule has 166 valence electrons. The van der Waals surface area contributed by atoms with Crippen LogP contribution in [0.3, 0.4) is 0 Å². The number of halogens is 1. The summed E-state index contributed by atoms with van der Waals surface area (Å²) in [6.07, 6.45) is 0. The van der Waals surface area contributed by atoms with Crippen molar-refractivity contribution in [3.05, 3.63) is 100 Å². The molecule has 11 heteroatoms. The molecule has 3 aromatic rings. The first-order valence-electron chi connectivity index (χ1n) is 9.73. The molecule has 0 bridgehead atoms. The summed E-state index contributed by atoms with van der Waals surface area (Å²) in [6.45, 7) is 3.95. The number of aliphatic imine (C=N–C) groups is 1. The van der Waals surface area contributed by atoms with Gasteiger partial charge in [0.15, 0.2) is 0 Å². The van der Waals surface area contributed by atoms with Crippen molar-refractivity contribution < 1.29 is 14.8 Å². The van der Waals surface area contributed by atoms with Gasteiger partial charge in [0.05, 0.1) is 37.8 Å². The Labute approximate surface area is 195 Å². The Bertz CT molecular complexity index is 1400. The fraction of sp³-hybridized carbons (Fsp3) is 0.136. The Balaban J connectivity index is 2.10. The molecule has 10 nitrogen and oxygen atoms in total. The second-order valence-corrected chi connectivity index (χ2v) is 8.62. The fourth-order valence-corrected chi connectivity index (χ4v) is 4.25. The standard InChI is InChI=1S/C22H15BrN4O6/c1-11(2)16-7-12(23)3-6-19(16)24-22-17-8-13(25(28)29)4-5-15(17)21-18(22)9-14(26(30)31)10-20(21)27(32)33/h3-11H,1-2H3. The number of nitro benzene ring substituents is 3. The Morgan fingerprint density at radius 2 is 1.45 bits per heavy atom. The van der Waals surface area contributed by atoms with E-state index in [1.807, 2.05) is 19.9 Å². The third-order valence-electron chi connectivity index (χ3n) is 5.35. The molecule has 3 aromatic carbocycles. The van der Waals surface area contributed by atoms with Gasteiger partial charge >= 0.3 is 0 Å². The molecule has 0 spiro atoms. The molecule has 0 aromatic heterocycles. The van der Waals surface area contributed by atoms with E-state index >= 15 is 0 Å². The third kappa shape index (κ3) is 3.87. The van der Waals surface area contributed by atoms with Crippen molar-refractivity contribution in [1.29, 1.82) is 0 Å². The molecule has 4 rings (SSSR count). The molecule has 0 saturated carbocycles. The predicted molar refractivity (Wildman–Crippen MR) is 125 cm³/mol. The molecule has 33 heavy (non-hydrogen) atoms. The SMILES string of the molecule is CC(C)c1cc(Br)ccc1N=C1c2cc([N+](=O)[O-])ccc2-c2c1cc([N+](=O)[O-])cc2[N+](=O)[O-]. The molecular weight excluding hydrogens is 496 g/mol. The lowest BCUT2D eigenvalue weighted by Crippen LogP contribution is -2.02. The van der Waals surface area contributed by atoms with Gasteiger partial charge < -0.3 is 0 Å². The predicted octanol–water partition coefficient (Wildman–Crippen LogP) is 6.45. The molecule has 0 atom stereocenters. The van der Waals surface area contributed by atoms with E-state index in [1.54, 1.807) is 12.1 Å². The summed E-state index contributed by atoms with van der Waals surface area (Å²) in [5.41, 5.74) is 1.50. The van der Waals surface area contributed by atoms with Gasteiger partial charge in [-0.25, -0.2) is 4.99 Å². The lowest BCUT2D eigenvalue weighted by atomic mass is 10.0. The van der Waals surface area contributed by atoms with Crippen molar-refractivity contribution in [3.63, 3.8) is 0 Å². The van der Waals surface area contributed by atoms with Gasteiger partial charge in [0.1, 0.15) is 0 Å². The maximum atomic E-state index is 11.8. The van der Waals surface area contributed by atoms with Gasteiger partial charge in [-0.05, 0) is 41.3 Å². The smallest absolute Gasteiger partial charge is 0.258 e. The lowest BCUT2D eigenvalue weighted by Gasteiger charge is -2.11. The van der Waals surface area contributed by atoms with Gasteiger partial charge in [-0.3, -0.25) is 30.3 Å². The van der Waals surface area contributed by atoms with Crippen LogP contribution in [0.15, 0.2) is 58.0 Å². The molecular formula is C22H15BrN4O6. The maximum Gasteiger partial charge on any atom is 0.284 e. The Morgan fingerprint density at radius 1 is 0.788 bits per heavy atom. The van der Waals surface area contributed by atoms with Gasteiger partial charge in [0.25, 0.3) is 17.1 Å². The molecule has 0 radical (unpaired) electrons. The number of nitrogens with zero attached hydrogens (tertiary/aromatic N) is 4. The number of hydrogen-bond acceptors (Lipinski definition) is 7. The summed E-state index contributed by atoms with van der Waals surface area (Å²) in [6, 6.07) is 11.5. The molecule has 0 fully saturated rings. The zero-order valence-electron chi connectivity index (χ0n) is 17.3. The number of benzene rings is 3. The van der Waals surface area contributed by atoms with E-state index in [-0.39, 0.29) is 28.4 Å². The average Bonchev–Trinajstić information content (AvgIpc) is 3.06. The van der Waals surface area contributed by atoms with Crippen molar-refractivity contribution in [2.75, 3.05) is 0 Å². The Hall–Kier alpha value is -3.99. The Kier molecular flexibility index (Phi) is 5.50. The molecule has 1 aliphatic carbocycles. The van der Waals surface area contributed by atoms with E-state index in [4.69, 9.17) is 4.99 Å². The van der Waals surface area contributed by atoms with Crippen LogP contribution >= 0.6 is 15.9 Å². The van der Waals surface area contributed by atoms with E-state index in [9.17, 15) is 30.3 Å². The normalized spacial score (nSPS) is 13.2. The van der Waals surface area contributed by atoms with E-state index < -0.39 is 26.1 Å². The van der Waals surface area contributed by atoms with Crippen LogP contribution in [0.5, 0.6) is 0 Å². The van der Waals surface area contributed by atoms with Gasteiger partial charge in [-0.1, -0.05) is 29.8 Å². The lowest BCUT2D eigenvalue weighted by molar-refractivity contribution is -0.393. The van der Waals surface area contributed by atoms with E-state index in [1.165, 1.54) is 24.3 Å². The van der Waals surface area contributed by atoms with Crippen molar-refractivity contribution in [2.45, 2.75) is 19.8 Å². The molecule has 0 amide bonds. The Morgan fingerprint density at radius 3 is 2.06 bits per heavy atom. The molecule has 0 unspecified atom stereocenters. The van der Waals surface area contributed by atoms with Crippen LogP contribution in [0, 0.1) is 30.3 Å². The minimum Gasteiger partial charge on any atom is -0.258 e. The highest BCUT2D eigenvalue weighted by molar-refractivity contribution is 9.10. The molecule has 0 aliphatic heterocycles. The second-order valence-electron chi connectivity index (χ2n) is 7.71. The largest absolute Gasteiger partial charge is 0.284 e. The zero-order chi connectivity index (χ0) is 24.0. The van der Waals surface area contributed by atoms with Crippen LogP contribution < -0.4 is 0 Å². The molecule has 0 N–H and O–H groups in total. The number of nitro groups is 3. The van der Waals surface area contributed by atoms with E-state index in [0.29, 0.717) is 16.8 Å². The van der Waals surface area contributed by atoms with E-state index in [2.05, 4.69) is 15.9 Å². The highest BCUT2D eigenvalue weighted by Crippen LogP contribution is 2.46. The number of rotatable bonds is 5. The van der Waals surface area contributed by atoms with Crippen LogP contribution in [-0.2, 0) is 0 Å². The molecule has 0 saturated heterocycles. The quantitative estimate of drug-likeness (QED) is 0.223. The van der Waals surface area contributed by atoms with Crippen molar-refractivity contribution in [2.24, 2.45) is 4.99 Å². The summed E-state index contributed by atoms with van der Waals surface area (Å²) < 4.78 is 0.837. The van der Waals surface area contributed by atoms with Crippen molar-refractivity contribution >= 4 is 44.4 Å². The maximum absolute atomic E-state index is 11.8. The third-order valence-corrected chi connectivity index (χ3v) is 5.84. The molecule has 0 heterocycles. The fourth-order valence-electron chi connectivity index (χ4n) is 3.87. The number of hydrogen-bond donors (Lipinski definition) is 0. The summed E-state index contributed by atoms with van der Waals surface area (Å²) in [5.74, 6) is 0.0757. The monoisotopic (exact) mass is 510 g/mol. The first kappa shape index (κ1) is 22.2. The van der Waals surface area contributed by atoms with Crippen LogP contribution in [0.2, 0.25) is 0 Å². The topological polar surface area (TPSA) is 142 Å². The zero-order valence-corrected chi connectivity index (χ0v) is 18.9. The van der Waals surface area contributed by atoms with Crippen LogP contribution in [0.25, 0.3) is 11.1 Å². The highest BCUT2D eigenvalue weighted by atomic mass is 79.9. The number of fused-ring (bicyclic) bond motifs is 3. The second kappa shape index (κ2) is 8.17. The van der Waals surface area contributed by atoms with Gasteiger partial charge in [0, 0.05) is 33.8 Å². The average molecular weight is 511 g/mol. The number of non-ortho nitro benzene ring substituents is 2. The summed E-state index contributed by atoms with van der Waals surface area (Å²) >= 11 is 3.43. The first-order valence-corrected chi connectivity index (χ1v) is 10.5.